The van der Waals surface area contributed by atoms with Gasteiger partial charge in [0.25, 0.3) is 0 Å². The molecule has 2 rings (SSSR count). The fourth-order valence-corrected chi connectivity index (χ4v) is 2.36. The van der Waals surface area contributed by atoms with E-state index in [1.165, 1.54) is 10.7 Å². The summed E-state index contributed by atoms with van der Waals surface area (Å²) in [5.74, 6) is 0.673. The van der Waals surface area contributed by atoms with Crippen LogP contribution in [0.25, 0.3) is 5.82 Å². The van der Waals surface area contributed by atoms with Crippen molar-refractivity contribution in [3.8, 4) is 5.82 Å². The molecule has 20 heavy (non-hydrogen) atoms. The van der Waals surface area contributed by atoms with E-state index >= 15 is 0 Å². The molecule has 0 amide bonds. The van der Waals surface area contributed by atoms with Crippen molar-refractivity contribution in [2.75, 3.05) is 5.73 Å². The minimum Gasteiger partial charge on any atom is -0.383 e. The maximum Gasteiger partial charge on any atom is 0.417 e. The Bertz CT molecular complexity index is 617. The van der Waals surface area contributed by atoms with E-state index in [0.29, 0.717) is 10.3 Å². The highest BCUT2D eigenvalue weighted by Crippen LogP contribution is 2.32. The van der Waals surface area contributed by atoms with Crippen molar-refractivity contribution in [1.29, 1.82) is 0 Å². The molecule has 0 aliphatic heterocycles. The number of hydrogen-bond acceptors (Lipinski definition) is 3. The van der Waals surface area contributed by atoms with Crippen molar-refractivity contribution < 1.29 is 13.2 Å². The van der Waals surface area contributed by atoms with Gasteiger partial charge in [-0.1, -0.05) is 13.8 Å². The van der Waals surface area contributed by atoms with Crippen molar-refractivity contribution in [2.24, 2.45) is 0 Å². The summed E-state index contributed by atoms with van der Waals surface area (Å²) >= 11 is 3.33. The topological polar surface area (TPSA) is 56.7 Å². The predicted molar refractivity (Wildman–Crippen MR) is 72.6 cm³/mol. The van der Waals surface area contributed by atoms with Crippen molar-refractivity contribution in [2.45, 2.75) is 25.9 Å². The first-order chi connectivity index (χ1) is 9.21. The Balaban J connectivity index is 2.45. The van der Waals surface area contributed by atoms with Gasteiger partial charge in [0.2, 0.25) is 0 Å². The summed E-state index contributed by atoms with van der Waals surface area (Å²) in [4.78, 5) is 3.77. The first-order valence-electron chi connectivity index (χ1n) is 5.79. The van der Waals surface area contributed by atoms with Gasteiger partial charge in [-0.3, -0.25) is 0 Å². The quantitative estimate of drug-likeness (QED) is 0.898. The van der Waals surface area contributed by atoms with Crippen LogP contribution in [0.5, 0.6) is 0 Å². The van der Waals surface area contributed by atoms with E-state index in [4.69, 9.17) is 5.73 Å². The Morgan fingerprint density at radius 3 is 2.35 bits per heavy atom. The fraction of sp³-hybridized carbons (Fsp3) is 0.333. The van der Waals surface area contributed by atoms with Crippen LogP contribution in [0, 0.1) is 0 Å². The van der Waals surface area contributed by atoms with Gasteiger partial charge in [-0.25, -0.2) is 4.98 Å². The highest BCUT2D eigenvalue weighted by atomic mass is 79.9. The van der Waals surface area contributed by atoms with Crippen molar-refractivity contribution >= 4 is 21.7 Å². The molecule has 0 unspecified atom stereocenters. The van der Waals surface area contributed by atoms with Crippen LogP contribution in [0.3, 0.4) is 0 Å². The van der Waals surface area contributed by atoms with Crippen LogP contribution >= 0.6 is 15.9 Å². The number of hydrogen-bond donors (Lipinski definition) is 1. The Labute approximate surface area is 121 Å². The molecule has 0 spiro atoms. The second kappa shape index (κ2) is 5.08. The van der Waals surface area contributed by atoms with Crippen LogP contribution in [0.1, 0.15) is 31.0 Å². The van der Waals surface area contributed by atoms with E-state index in [0.717, 1.165) is 18.0 Å². The number of nitrogens with zero attached hydrogens (tertiary/aromatic N) is 3. The number of nitrogens with two attached hydrogens (primary N) is 1. The largest absolute Gasteiger partial charge is 0.417 e. The molecule has 0 aromatic carbocycles. The first kappa shape index (κ1) is 14.8. The van der Waals surface area contributed by atoms with Gasteiger partial charge in [-0.05, 0) is 34.0 Å². The van der Waals surface area contributed by atoms with Crippen molar-refractivity contribution in [1.82, 2.24) is 14.8 Å². The minimum atomic E-state index is -4.41. The molecule has 4 nitrogen and oxygen atoms in total. The SMILES string of the molecule is CC(C)c1nn(-c2ccc(C(F)(F)F)cn2)c(N)c1Br. The first-order valence-corrected chi connectivity index (χ1v) is 6.58. The molecule has 2 N–H and O–H groups in total. The normalized spacial score (nSPS) is 12.2. The smallest absolute Gasteiger partial charge is 0.383 e. The fourth-order valence-electron chi connectivity index (χ4n) is 1.65. The van der Waals surface area contributed by atoms with Crippen LogP contribution < -0.4 is 5.73 Å². The molecule has 0 saturated heterocycles. The van der Waals surface area contributed by atoms with Gasteiger partial charge < -0.3 is 5.73 Å². The summed E-state index contributed by atoms with van der Waals surface area (Å²) in [5, 5.41) is 4.27. The van der Waals surface area contributed by atoms with Gasteiger partial charge in [0, 0.05) is 6.20 Å². The average molecular weight is 349 g/mol. The summed E-state index contributed by atoms with van der Waals surface area (Å²) in [6.07, 6.45) is -3.65. The molecular weight excluding hydrogens is 337 g/mol. The molecule has 0 aliphatic rings. The third-order valence-corrected chi connectivity index (χ3v) is 3.54. The van der Waals surface area contributed by atoms with Crippen LogP contribution in [0.2, 0.25) is 0 Å². The van der Waals surface area contributed by atoms with Crippen molar-refractivity contribution in [3.05, 3.63) is 34.1 Å². The van der Waals surface area contributed by atoms with Crippen LogP contribution in [0.15, 0.2) is 22.8 Å². The number of aromatic nitrogens is 3. The number of anilines is 1. The summed E-state index contributed by atoms with van der Waals surface area (Å²) < 4.78 is 39.4. The summed E-state index contributed by atoms with van der Waals surface area (Å²) in [6, 6.07) is 2.19. The van der Waals surface area contributed by atoms with Gasteiger partial charge >= 0.3 is 6.18 Å². The van der Waals surface area contributed by atoms with E-state index in [1.54, 1.807) is 0 Å². The lowest BCUT2D eigenvalue weighted by Crippen LogP contribution is -2.08. The zero-order valence-electron chi connectivity index (χ0n) is 10.7. The number of alkyl halides is 3. The second-order valence-electron chi connectivity index (χ2n) is 4.55. The Hall–Kier alpha value is -1.57. The molecule has 2 aromatic rings. The maximum absolute atomic E-state index is 12.5. The molecule has 8 heteroatoms. The van der Waals surface area contributed by atoms with E-state index in [1.807, 2.05) is 13.8 Å². The lowest BCUT2D eigenvalue weighted by Gasteiger charge is -2.07. The minimum absolute atomic E-state index is 0.127. The third-order valence-electron chi connectivity index (χ3n) is 2.72. The molecule has 108 valence electrons. The number of rotatable bonds is 2. The molecule has 0 fully saturated rings. The Kier molecular flexibility index (Phi) is 3.77. The lowest BCUT2D eigenvalue weighted by molar-refractivity contribution is -0.137. The number of nitrogen functional groups attached to an aromatic ring is 1. The molecule has 0 bridgehead atoms. The molecular formula is C12H12BrF3N4. The van der Waals surface area contributed by atoms with E-state index in [9.17, 15) is 13.2 Å². The third kappa shape index (κ3) is 2.65. The Morgan fingerprint density at radius 2 is 1.95 bits per heavy atom. The monoisotopic (exact) mass is 348 g/mol. The van der Waals surface area contributed by atoms with Gasteiger partial charge in [-0.15, -0.1) is 0 Å². The molecule has 0 aliphatic carbocycles. The van der Waals surface area contributed by atoms with Crippen LogP contribution in [-0.2, 0) is 6.18 Å². The summed E-state index contributed by atoms with van der Waals surface area (Å²) in [7, 11) is 0. The highest BCUT2D eigenvalue weighted by molar-refractivity contribution is 9.10. The maximum atomic E-state index is 12.5. The zero-order valence-corrected chi connectivity index (χ0v) is 12.3. The lowest BCUT2D eigenvalue weighted by atomic mass is 10.1. The van der Waals surface area contributed by atoms with Crippen LogP contribution in [-0.4, -0.2) is 14.8 Å². The zero-order chi connectivity index (χ0) is 15.1. The molecule has 2 heterocycles. The van der Waals surface area contributed by atoms with Crippen molar-refractivity contribution in [3.63, 3.8) is 0 Å². The average Bonchev–Trinajstić information content (AvgIpc) is 2.66. The number of pyridine rings is 1. The van der Waals surface area contributed by atoms with Crippen LogP contribution in [0.4, 0.5) is 19.0 Å². The molecule has 0 saturated carbocycles. The standard InChI is InChI=1S/C12H12BrF3N4/c1-6(2)10-9(13)11(17)20(19-10)8-4-3-7(5-18-8)12(14,15)16/h3-6H,17H2,1-2H3. The Morgan fingerprint density at radius 1 is 1.30 bits per heavy atom. The summed E-state index contributed by atoms with van der Waals surface area (Å²) in [6.45, 7) is 3.88. The molecule has 0 atom stereocenters. The van der Waals surface area contributed by atoms with Gasteiger partial charge in [0.05, 0.1) is 15.7 Å². The molecule has 0 radical (unpaired) electrons. The second-order valence-corrected chi connectivity index (χ2v) is 5.35. The van der Waals surface area contributed by atoms with Gasteiger partial charge in [0.1, 0.15) is 5.82 Å². The van der Waals surface area contributed by atoms with E-state index < -0.39 is 11.7 Å². The highest BCUT2D eigenvalue weighted by Gasteiger charge is 2.31. The summed E-state index contributed by atoms with van der Waals surface area (Å²) in [5.41, 5.74) is 5.80. The van der Waals surface area contributed by atoms with Gasteiger partial charge in [0.15, 0.2) is 5.82 Å². The molecule has 2 aromatic heterocycles. The van der Waals surface area contributed by atoms with E-state index in [-0.39, 0.29) is 11.7 Å². The van der Waals surface area contributed by atoms with E-state index in [2.05, 4.69) is 26.0 Å². The number of halogens is 4. The predicted octanol–water partition coefficient (Wildman–Crippen LogP) is 3.75. The van der Waals surface area contributed by atoms with Gasteiger partial charge in [-0.2, -0.15) is 23.0 Å².